The van der Waals surface area contributed by atoms with Crippen LogP contribution in [-0.2, 0) is 6.42 Å². The van der Waals surface area contributed by atoms with E-state index in [2.05, 4.69) is 48.7 Å². The van der Waals surface area contributed by atoms with Gasteiger partial charge in [0.15, 0.2) is 0 Å². The highest BCUT2D eigenvalue weighted by molar-refractivity contribution is 5.32. The molecule has 1 atom stereocenters. The van der Waals surface area contributed by atoms with Gasteiger partial charge in [-0.3, -0.25) is 0 Å². The number of rotatable bonds is 7. The molecule has 2 N–H and O–H groups in total. The van der Waals surface area contributed by atoms with Crippen LogP contribution in [0.1, 0.15) is 50.2 Å². The molecule has 0 heterocycles. The summed E-state index contributed by atoms with van der Waals surface area (Å²) in [5, 5.41) is 7.09. The van der Waals surface area contributed by atoms with E-state index in [1.165, 1.54) is 25.7 Å². The molecule has 0 fully saturated rings. The molecule has 0 bridgehead atoms. The van der Waals surface area contributed by atoms with Crippen LogP contribution in [0.2, 0.25) is 0 Å². The van der Waals surface area contributed by atoms with Gasteiger partial charge in [-0.1, -0.05) is 38.1 Å². The number of fused-ring (bicyclic) bond motifs is 1. The maximum Gasteiger partial charge on any atom is 0.00202 e. The molecule has 106 valence electrons. The van der Waals surface area contributed by atoms with E-state index in [0.29, 0.717) is 6.04 Å². The molecule has 1 aliphatic carbocycles. The van der Waals surface area contributed by atoms with Gasteiger partial charge in [-0.05, 0) is 55.8 Å². The Morgan fingerprint density at radius 2 is 2.05 bits per heavy atom. The predicted octanol–water partition coefficient (Wildman–Crippen LogP) is 3.08. The third kappa shape index (κ3) is 4.63. The Morgan fingerprint density at radius 1 is 1.21 bits per heavy atom. The van der Waals surface area contributed by atoms with E-state index in [9.17, 15) is 0 Å². The topological polar surface area (TPSA) is 24.1 Å². The van der Waals surface area contributed by atoms with Crippen molar-refractivity contribution >= 4 is 0 Å². The number of hydrogen-bond acceptors (Lipinski definition) is 2. The zero-order chi connectivity index (χ0) is 13.5. The molecule has 2 rings (SSSR count). The summed E-state index contributed by atoms with van der Waals surface area (Å²) in [6.07, 6.45) is 5.17. The second-order valence-corrected chi connectivity index (χ2v) is 5.95. The molecular weight excluding hydrogens is 232 g/mol. The monoisotopic (exact) mass is 260 g/mol. The van der Waals surface area contributed by atoms with Gasteiger partial charge in [-0.25, -0.2) is 0 Å². The molecule has 0 aromatic heterocycles. The lowest BCUT2D eigenvalue weighted by molar-refractivity contribution is 0.492. The third-order valence-electron chi connectivity index (χ3n) is 3.97. The van der Waals surface area contributed by atoms with Crippen molar-refractivity contribution < 1.29 is 0 Å². The van der Waals surface area contributed by atoms with Crippen molar-refractivity contribution in [3.63, 3.8) is 0 Å². The Balaban J connectivity index is 1.70. The van der Waals surface area contributed by atoms with Gasteiger partial charge in [0.2, 0.25) is 0 Å². The van der Waals surface area contributed by atoms with E-state index in [-0.39, 0.29) is 0 Å². The largest absolute Gasteiger partial charge is 0.316 e. The van der Waals surface area contributed by atoms with Crippen LogP contribution in [-0.4, -0.2) is 25.7 Å². The normalized spacial score (nSPS) is 18.6. The van der Waals surface area contributed by atoms with Crippen LogP contribution in [0.5, 0.6) is 0 Å². The fraction of sp³-hybridized carbons (Fsp3) is 0.647. The van der Waals surface area contributed by atoms with E-state index >= 15 is 0 Å². The Kier molecular flexibility index (Phi) is 5.87. The fourth-order valence-corrected chi connectivity index (χ4v) is 2.95. The van der Waals surface area contributed by atoms with E-state index < -0.39 is 0 Å². The van der Waals surface area contributed by atoms with Crippen LogP contribution in [0.3, 0.4) is 0 Å². The van der Waals surface area contributed by atoms with E-state index in [1.54, 1.807) is 11.1 Å². The Labute approximate surface area is 118 Å². The molecule has 0 radical (unpaired) electrons. The van der Waals surface area contributed by atoms with E-state index in [0.717, 1.165) is 25.6 Å². The zero-order valence-electron chi connectivity index (χ0n) is 12.4. The highest BCUT2D eigenvalue weighted by Gasteiger charge is 2.18. The molecule has 1 aromatic rings. The first-order valence-electron chi connectivity index (χ1n) is 7.79. The van der Waals surface area contributed by atoms with Crippen molar-refractivity contribution in [2.75, 3.05) is 19.6 Å². The van der Waals surface area contributed by atoms with Gasteiger partial charge in [0, 0.05) is 12.6 Å². The van der Waals surface area contributed by atoms with Crippen LogP contribution in [0, 0.1) is 0 Å². The Hall–Kier alpha value is -0.860. The van der Waals surface area contributed by atoms with Crippen molar-refractivity contribution in [1.82, 2.24) is 10.6 Å². The summed E-state index contributed by atoms with van der Waals surface area (Å²) < 4.78 is 0. The van der Waals surface area contributed by atoms with Crippen LogP contribution < -0.4 is 10.6 Å². The molecule has 1 aromatic carbocycles. The second-order valence-electron chi connectivity index (χ2n) is 5.95. The van der Waals surface area contributed by atoms with Crippen molar-refractivity contribution in [2.45, 2.75) is 51.5 Å². The summed E-state index contributed by atoms with van der Waals surface area (Å²) in [4.78, 5) is 0. The highest BCUT2D eigenvalue weighted by Crippen LogP contribution is 2.30. The van der Waals surface area contributed by atoms with Gasteiger partial charge in [-0.2, -0.15) is 0 Å². The van der Waals surface area contributed by atoms with E-state index in [4.69, 9.17) is 0 Å². The average molecular weight is 260 g/mol. The minimum absolute atomic E-state index is 0.602. The van der Waals surface area contributed by atoms with Crippen LogP contribution in [0.4, 0.5) is 0 Å². The molecule has 2 nitrogen and oxygen atoms in total. The predicted molar refractivity (Wildman–Crippen MR) is 82.7 cm³/mol. The minimum Gasteiger partial charge on any atom is -0.316 e. The first-order valence-corrected chi connectivity index (χ1v) is 7.79. The number of nitrogens with one attached hydrogen (secondary N) is 2. The maximum atomic E-state index is 3.63. The van der Waals surface area contributed by atoms with Gasteiger partial charge in [0.1, 0.15) is 0 Å². The zero-order valence-corrected chi connectivity index (χ0v) is 12.4. The fourth-order valence-electron chi connectivity index (χ4n) is 2.95. The second kappa shape index (κ2) is 7.66. The standard InChI is InChI=1S/C17H28N2/c1-14(2)19-12-6-11-18-13-16-9-5-8-15-7-3-4-10-17(15)16/h3-4,7,10,14,16,18-19H,5-6,8-9,11-13H2,1-2H3. The van der Waals surface area contributed by atoms with Gasteiger partial charge in [-0.15, -0.1) is 0 Å². The molecule has 0 amide bonds. The van der Waals surface area contributed by atoms with Gasteiger partial charge >= 0.3 is 0 Å². The summed E-state index contributed by atoms with van der Waals surface area (Å²) in [7, 11) is 0. The molecule has 1 unspecified atom stereocenters. The summed E-state index contributed by atoms with van der Waals surface area (Å²) in [5.41, 5.74) is 3.16. The van der Waals surface area contributed by atoms with Crippen molar-refractivity contribution in [3.05, 3.63) is 35.4 Å². The van der Waals surface area contributed by atoms with Crippen molar-refractivity contribution in [2.24, 2.45) is 0 Å². The highest BCUT2D eigenvalue weighted by atomic mass is 14.9. The molecule has 0 saturated carbocycles. The van der Waals surface area contributed by atoms with Crippen molar-refractivity contribution in [3.8, 4) is 0 Å². The minimum atomic E-state index is 0.602. The van der Waals surface area contributed by atoms with E-state index in [1.807, 2.05) is 0 Å². The third-order valence-corrected chi connectivity index (χ3v) is 3.97. The first-order chi connectivity index (χ1) is 9.27. The Bertz CT molecular complexity index is 373. The summed E-state index contributed by atoms with van der Waals surface area (Å²) in [6, 6.07) is 9.58. The van der Waals surface area contributed by atoms with Gasteiger partial charge < -0.3 is 10.6 Å². The maximum absolute atomic E-state index is 3.63. The van der Waals surface area contributed by atoms with Crippen molar-refractivity contribution in [1.29, 1.82) is 0 Å². The van der Waals surface area contributed by atoms with Gasteiger partial charge in [0.05, 0.1) is 0 Å². The Morgan fingerprint density at radius 3 is 2.89 bits per heavy atom. The lowest BCUT2D eigenvalue weighted by Gasteiger charge is -2.25. The SMILES string of the molecule is CC(C)NCCCNCC1CCCc2ccccc21. The lowest BCUT2D eigenvalue weighted by Crippen LogP contribution is -2.29. The average Bonchev–Trinajstić information content (AvgIpc) is 2.42. The van der Waals surface area contributed by atoms with Crippen LogP contribution in [0.25, 0.3) is 0 Å². The lowest BCUT2D eigenvalue weighted by atomic mass is 9.83. The molecule has 19 heavy (non-hydrogen) atoms. The number of hydrogen-bond donors (Lipinski definition) is 2. The molecule has 0 spiro atoms. The first kappa shape index (κ1) is 14.5. The van der Waals surface area contributed by atoms with Crippen LogP contribution in [0.15, 0.2) is 24.3 Å². The molecule has 2 heteroatoms. The smallest absolute Gasteiger partial charge is 0.00202 e. The molecule has 1 aliphatic rings. The number of benzene rings is 1. The summed E-state index contributed by atoms with van der Waals surface area (Å²) >= 11 is 0. The van der Waals surface area contributed by atoms with Gasteiger partial charge in [0.25, 0.3) is 0 Å². The molecule has 0 aliphatic heterocycles. The van der Waals surface area contributed by atoms with Crippen LogP contribution >= 0.6 is 0 Å². The quantitative estimate of drug-likeness (QED) is 0.736. The molecular formula is C17H28N2. The number of aryl methyl sites for hydroxylation is 1. The summed E-state index contributed by atoms with van der Waals surface area (Å²) in [5.74, 6) is 0.725. The molecule has 0 saturated heterocycles. The summed E-state index contributed by atoms with van der Waals surface area (Å²) in [6.45, 7) is 7.78.